The van der Waals surface area contributed by atoms with Crippen LogP contribution >= 0.6 is 0 Å². The molecule has 0 saturated heterocycles. The molecular weight excluding hydrogens is 254 g/mol. The topological polar surface area (TPSA) is 83.5 Å². The van der Waals surface area contributed by atoms with Gasteiger partial charge in [-0.15, -0.1) is 0 Å². The SMILES string of the molecule is C=O.Cc1cc(C)cc(O)c1.Cc1cc(N)cc(O)c1. The highest BCUT2D eigenvalue weighted by Gasteiger charge is 1.90. The summed E-state index contributed by atoms with van der Waals surface area (Å²) in [7, 11) is 0. The summed E-state index contributed by atoms with van der Waals surface area (Å²) in [6.07, 6.45) is 0. The van der Waals surface area contributed by atoms with E-state index < -0.39 is 0 Å². The highest BCUT2D eigenvalue weighted by molar-refractivity contribution is 5.46. The summed E-state index contributed by atoms with van der Waals surface area (Å²) in [6, 6.07) is 10.5. The minimum atomic E-state index is 0.229. The summed E-state index contributed by atoms with van der Waals surface area (Å²) in [5, 5.41) is 17.9. The maximum Gasteiger partial charge on any atom is 0.117 e. The number of nitrogens with two attached hydrogens (primary N) is 1. The Hall–Kier alpha value is -2.49. The summed E-state index contributed by atoms with van der Waals surface area (Å²) in [4.78, 5) is 8.00. The number of rotatable bonds is 0. The van der Waals surface area contributed by atoms with E-state index in [9.17, 15) is 0 Å². The Kier molecular flexibility index (Phi) is 7.52. The Morgan fingerprint density at radius 1 is 0.750 bits per heavy atom. The smallest absolute Gasteiger partial charge is 0.117 e. The molecule has 0 aromatic heterocycles. The van der Waals surface area contributed by atoms with E-state index in [2.05, 4.69) is 0 Å². The molecule has 2 aromatic rings. The van der Waals surface area contributed by atoms with Crippen LogP contribution in [0.2, 0.25) is 0 Å². The van der Waals surface area contributed by atoms with Crippen molar-refractivity contribution in [1.82, 2.24) is 0 Å². The predicted molar refractivity (Wildman–Crippen MR) is 82.0 cm³/mol. The maximum atomic E-state index is 8.99. The molecule has 0 saturated carbocycles. The van der Waals surface area contributed by atoms with Crippen molar-refractivity contribution in [1.29, 1.82) is 0 Å². The monoisotopic (exact) mass is 275 g/mol. The van der Waals surface area contributed by atoms with Crippen LogP contribution in [0.15, 0.2) is 36.4 Å². The number of carbonyl (C=O) groups is 1. The fourth-order valence-corrected chi connectivity index (χ4v) is 1.74. The molecule has 0 aliphatic carbocycles. The van der Waals surface area contributed by atoms with Gasteiger partial charge in [-0.1, -0.05) is 6.07 Å². The molecule has 0 spiro atoms. The third-order valence-electron chi connectivity index (χ3n) is 2.29. The number of hydrogen-bond donors (Lipinski definition) is 3. The van der Waals surface area contributed by atoms with Crippen LogP contribution in [0.1, 0.15) is 16.7 Å². The van der Waals surface area contributed by atoms with Gasteiger partial charge in [0.1, 0.15) is 18.3 Å². The van der Waals surface area contributed by atoms with E-state index in [1.165, 1.54) is 6.07 Å². The number of aryl methyl sites for hydroxylation is 3. The third-order valence-corrected chi connectivity index (χ3v) is 2.29. The van der Waals surface area contributed by atoms with Crippen molar-refractivity contribution in [2.45, 2.75) is 20.8 Å². The van der Waals surface area contributed by atoms with Crippen molar-refractivity contribution < 1.29 is 15.0 Å². The summed E-state index contributed by atoms with van der Waals surface area (Å²) in [6.45, 7) is 7.82. The molecule has 0 aliphatic heterocycles. The molecule has 4 N–H and O–H groups in total. The normalized spacial score (nSPS) is 8.75. The Morgan fingerprint density at radius 2 is 1.10 bits per heavy atom. The number of anilines is 1. The van der Waals surface area contributed by atoms with E-state index in [1.54, 1.807) is 24.3 Å². The largest absolute Gasteiger partial charge is 0.508 e. The second-order valence-electron chi connectivity index (χ2n) is 4.45. The van der Waals surface area contributed by atoms with Crippen molar-refractivity contribution in [3.63, 3.8) is 0 Å². The quantitative estimate of drug-likeness (QED) is 0.645. The van der Waals surface area contributed by atoms with Crippen molar-refractivity contribution in [3.05, 3.63) is 53.1 Å². The van der Waals surface area contributed by atoms with Gasteiger partial charge in [0.2, 0.25) is 0 Å². The number of carbonyl (C=O) groups excluding carboxylic acids is 1. The number of nitrogen functional groups attached to an aromatic ring is 1. The molecular formula is C16H21NO3. The van der Waals surface area contributed by atoms with E-state index in [1.807, 2.05) is 33.6 Å². The maximum absolute atomic E-state index is 8.99. The van der Waals surface area contributed by atoms with Crippen LogP contribution in [0.4, 0.5) is 5.69 Å². The summed E-state index contributed by atoms with van der Waals surface area (Å²) < 4.78 is 0. The van der Waals surface area contributed by atoms with Gasteiger partial charge >= 0.3 is 0 Å². The highest BCUT2D eigenvalue weighted by atomic mass is 16.3. The van der Waals surface area contributed by atoms with E-state index >= 15 is 0 Å². The third kappa shape index (κ3) is 7.06. The lowest BCUT2D eigenvalue weighted by molar-refractivity contribution is -0.0979. The fourth-order valence-electron chi connectivity index (χ4n) is 1.74. The number of hydrogen-bond acceptors (Lipinski definition) is 4. The predicted octanol–water partition coefficient (Wildman–Crippen LogP) is 3.11. The summed E-state index contributed by atoms with van der Waals surface area (Å²) in [5.74, 6) is 0.583. The van der Waals surface area contributed by atoms with E-state index in [-0.39, 0.29) is 5.75 Å². The minimum absolute atomic E-state index is 0.229. The molecule has 0 radical (unpaired) electrons. The number of aromatic hydroxyl groups is 2. The van der Waals surface area contributed by atoms with Crippen molar-refractivity contribution in [2.24, 2.45) is 0 Å². The summed E-state index contributed by atoms with van der Waals surface area (Å²) in [5.41, 5.74) is 9.19. The van der Waals surface area contributed by atoms with Gasteiger partial charge in [0.15, 0.2) is 0 Å². The fraction of sp³-hybridized carbons (Fsp3) is 0.188. The Balaban J connectivity index is 0.000000321. The van der Waals surface area contributed by atoms with E-state index in [4.69, 9.17) is 20.7 Å². The van der Waals surface area contributed by atoms with Crippen molar-refractivity contribution >= 4 is 12.5 Å². The number of phenols is 2. The van der Waals surface area contributed by atoms with Gasteiger partial charge in [0.05, 0.1) is 0 Å². The average Bonchev–Trinajstić information content (AvgIpc) is 2.28. The zero-order valence-corrected chi connectivity index (χ0v) is 12.1. The molecule has 0 fully saturated rings. The lowest BCUT2D eigenvalue weighted by atomic mass is 10.1. The zero-order chi connectivity index (χ0) is 15.7. The van der Waals surface area contributed by atoms with E-state index in [0.717, 1.165) is 16.7 Å². The Labute approximate surface area is 119 Å². The molecule has 0 unspecified atom stereocenters. The zero-order valence-electron chi connectivity index (χ0n) is 12.1. The highest BCUT2D eigenvalue weighted by Crippen LogP contribution is 2.15. The second-order valence-corrected chi connectivity index (χ2v) is 4.45. The first-order valence-electron chi connectivity index (χ1n) is 5.99. The molecule has 0 atom stereocenters. The first-order chi connectivity index (χ1) is 9.36. The van der Waals surface area contributed by atoms with Gasteiger partial charge in [-0.3, -0.25) is 0 Å². The molecule has 2 aromatic carbocycles. The van der Waals surface area contributed by atoms with Crippen LogP contribution in [0, 0.1) is 20.8 Å². The first-order valence-corrected chi connectivity index (χ1v) is 5.99. The van der Waals surface area contributed by atoms with Gasteiger partial charge in [-0.25, -0.2) is 0 Å². The molecule has 0 amide bonds. The standard InChI is InChI=1S/C8H10O.C7H9NO.CH2O/c1-6-3-7(2)5-8(9)4-6;1-5-2-6(8)4-7(9)3-5;1-2/h3-5,9H,1-2H3;2-4,9H,8H2,1H3;1H2. The molecule has 108 valence electrons. The van der Waals surface area contributed by atoms with Crippen LogP contribution in [0.25, 0.3) is 0 Å². The number of phenolic OH excluding ortho intramolecular Hbond substituents is 2. The molecule has 0 bridgehead atoms. The number of benzene rings is 2. The molecule has 4 nitrogen and oxygen atoms in total. The molecule has 0 heterocycles. The van der Waals surface area contributed by atoms with E-state index in [0.29, 0.717) is 11.4 Å². The lowest BCUT2D eigenvalue weighted by Gasteiger charge is -1.96. The van der Waals surface area contributed by atoms with Crippen molar-refractivity contribution in [2.75, 3.05) is 5.73 Å². The van der Waals surface area contributed by atoms with Crippen LogP contribution in [0.5, 0.6) is 11.5 Å². The van der Waals surface area contributed by atoms with Gasteiger partial charge in [0.25, 0.3) is 0 Å². The van der Waals surface area contributed by atoms with Gasteiger partial charge in [0, 0.05) is 11.8 Å². The van der Waals surface area contributed by atoms with Gasteiger partial charge in [-0.05, 0) is 61.7 Å². The second kappa shape index (κ2) is 8.58. The van der Waals surface area contributed by atoms with Gasteiger partial charge in [-0.2, -0.15) is 0 Å². The van der Waals surface area contributed by atoms with Crippen LogP contribution in [-0.2, 0) is 4.79 Å². The average molecular weight is 275 g/mol. The molecule has 2 rings (SSSR count). The molecule has 0 aliphatic rings. The van der Waals surface area contributed by atoms with Crippen LogP contribution in [-0.4, -0.2) is 17.0 Å². The molecule has 4 heteroatoms. The van der Waals surface area contributed by atoms with Crippen LogP contribution in [0.3, 0.4) is 0 Å². The Bertz CT molecular complexity index is 403. The van der Waals surface area contributed by atoms with Crippen molar-refractivity contribution in [3.8, 4) is 11.5 Å². The lowest BCUT2D eigenvalue weighted by Crippen LogP contribution is -1.83. The Morgan fingerprint density at radius 3 is 1.40 bits per heavy atom. The van der Waals surface area contributed by atoms with Gasteiger partial charge < -0.3 is 20.7 Å². The molecule has 20 heavy (non-hydrogen) atoms. The minimum Gasteiger partial charge on any atom is -0.508 e. The first kappa shape index (κ1) is 17.5. The summed E-state index contributed by atoms with van der Waals surface area (Å²) >= 11 is 0. The van der Waals surface area contributed by atoms with Crippen LogP contribution < -0.4 is 5.73 Å².